The number of terminal acetylenes is 1. The largest absolute Gasteiger partial charge is 0.492 e. The third-order valence-electron chi connectivity index (χ3n) is 2.74. The fourth-order valence-corrected chi connectivity index (χ4v) is 1.87. The van der Waals surface area contributed by atoms with Crippen molar-refractivity contribution >= 4 is 5.91 Å². The molecule has 4 nitrogen and oxygen atoms in total. The van der Waals surface area contributed by atoms with E-state index in [-0.39, 0.29) is 12.5 Å². The van der Waals surface area contributed by atoms with E-state index in [2.05, 4.69) is 17.3 Å². The molecule has 108 valence electrons. The molecule has 0 heterocycles. The third-order valence-corrected chi connectivity index (χ3v) is 2.74. The Hall–Kier alpha value is -1.99. The van der Waals surface area contributed by atoms with E-state index in [4.69, 9.17) is 11.2 Å². The van der Waals surface area contributed by atoms with Crippen LogP contribution in [0.5, 0.6) is 5.75 Å². The predicted octanol–water partition coefficient (Wildman–Crippen LogP) is 1.36. The van der Waals surface area contributed by atoms with Gasteiger partial charge in [0, 0.05) is 6.54 Å². The number of hydrogen-bond acceptors (Lipinski definition) is 3. The van der Waals surface area contributed by atoms with Crippen LogP contribution in [0, 0.1) is 26.2 Å². The molecule has 1 aromatic rings. The Morgan fingerprint density at radius 2 is 2.00 bits per heavy atom. The van der Waals surface area contributed by atoms with E-state index in [1.807, 2.05) is 37.9 Å². The number of likely N-dealkylation sites (N-methyl/N-ethyl adjacent to an activating group) is 1. The predicted molar refractivity (Wildman–Crippen MR) is 80.8 cm³/mol. The maximum absolute atomic E-state index is 11.4. The van der Waals surface area contributed by atoms with Crippen LogP contribution < -0.4 is 10.1 Å². The zero-order valence-corrected chi connectivity index (χ0v) is 12.4. The monoisotopic (exact) mass is 274 g/mol. The summed E-state index contributed by atoms with van der Waals surface area (Å²) in [6.45, 7) is 5.89. The molecule has 0 saturated carbocycles. The first-order chi connectivity index (χ1) is 9.51. The third kappa shape index (κ3) is 6.26. The normalized spacial score (nSPS) is 10.2. The first-order valence-electron chi connectivity index (χ1n) is 6.61. The quantitative estimate of drug-likeness (QED) is 0.763. The molecule has 0 bridgehead atoms. The van der Waals surface area contributed by atoms with Crippen LogP contribution in [-0.2, 0) is 4.79 Å². The Morgan fingerprint density at radius 1 is 1.35 bits per heavy atom. The van der Waals surface area contributed by atoms with E-state index < -0.39 is 0 Å². The number of hydrogen-bond donors (Lipinski definition) is 1. The number of carbonyl (C=O) groups is 1. The molecule has 0 aliphatic rings. The first kappa shape index (κ1) is 16.1. The summed E-state index contributed by atoms with van der Waals surface area (Å²) < 4.78 is 5.70. The Kier molecular flexibility index (Phi) is 6.61. The lowest BCUT2D eigenvalue weighted by Crippen LogP contribution is -2.37. The number of nitrogens with zero attached hydrogens (tertiary/aromatic N) is 1. The van der Waals surface area contributed by atoms with Gasteiger partial charge in [-0.1, -0.05) is 12.0 Å². The van der Waals surface area contributed by atoms with Gasteiger partial charge in [0.05, 0.1) is 13.1 Å². The lowest BCUT2D eigenvalue weighted by Gasteiger charge is -2.16. The number of benzene rings is 1. The molecule has 0 radical (unpaired) electrons. The number of aryl methyl sites for hydroxylation is 2. The highest BCUT2D eigenvalue weighted by molar-refractivity contribution is 5.78. The summed E-state index contributed by atoms with van der Waals surface area (Å²) in [6, 6.07) is 6.12. The highest BCUT2D eigenvalue weighted by Gasteiger charge is 2.05. The van der Waals surface area contributed by atoms with Crippen LogP contribution >= 0.6 is 0 Å². The SMILES string of the molecule is C#CCNC(=O)CN(C)CCOc1cc(C)cc(C)c1. The first-order valence-corrected chi connectivity index (χ1v) is 6.61. The van der Waals surface area contributed by atoms with Crippen LogP contribution in [0.4, 0.5) is 0 Å². The van der Waals surface area contributed by atoms with Crippen LogP contribution in [0.3, 0.4) is 0 Å². The summed E-state index contributed by atoms with van der Waals surface area (Å²) in [7, 11) is 1.88. The summed E-state index contributed by atoms with van der Waals surface area (Å²) in [5.41, 5.74) is 2.36. The Labute approximate surface area is 121 Å². The van der Waals surface area contributed by atoms with Gasteiger partial charge >= 0.3 is 0 Å². The molecule has 0 aliphatic heterocycles. The number of ether oxygens (including phenoxy) is 1. The van der Waals surface area contributed by atoms with E-state index in [1.165, 1.54) is 11.1 Å². The Bertz CT molecular complexity index is 471. The molecule has 1 amide bonds. The van der Waals surface area contributed by atoms with Crippen molar-refractivity contribution in [2.75, 3.05) is 33.3 Å². The molecule has 0 atom stereocenters. The highest BCUT2D eigenvalue weighted by Crippen LogP contribution is 2.15. The standard InChI is InChI=1S/C16H22N2O2/c1-5-6-17-16(19)12-18(4)7-8-20-15-10-13(2)9-14(3)11-15/h1,9-11H,6-8,12H2,2-4H3,(H,17,19). The molecule has 0 spiro atoms. The van der Waals surface area contributed by atoms with E-state index >= 15 is 0 Å². The van der Waals surface area contributed by atoms with Gasteiger partial charge in [-0.2, -0.15) is 0 Å². The molecule has 1 N–H and O–H groups in total. The molecule has 1 rings (SSSR count). The number of nitrogens with one attached hydrogen (secondary N) is 1. The van der Waals surface area contributed by atoms with Gasteiger partial charge in [-0.15, -0.1) is 6.42 Å². The second-order valence-corrected chi connectivity index (χ2v) is 4.89. The molecule has 1 aromatic carbocycles. The van der Waals surface area contributed by atoms with Gasteiger partial charge in [0.1, 0.15) is 12.4 Å². The summed E-state index contributed by atoms with van der Waals surface area (Å²) in [5, 5.41) is 2.63. The molecule has 0 aromatic heterocycles. The second kappa shape index (κ2) is 8.23. The minimum Gasteiger partial charge on any atom is -0.492 e. The summed E-state index contributed by atoms with van der Waals surface area (Å²) in [6.07, 6.45) is 5.08. The average Bonchev–Trinajstić information content (AvgIpc) is 2.35. The van der Waals surface area contributed by atoms with E-state index in [1.54, 1.807) is 0 Å². The van der Waals surface area contributed by atoms with Crippen LogP contribution in [0.1, 0.15) is 11.1 Å². The number of carbonyl (C=O) groups excluding carboxylic acids is 1. The van der Waals surface area contributed by atoms with Gasteiger partial charge < -0.3 is 10.1 Å². The second-order valence-electron chi connectivity index (χ2n) is 4.89. The summed E-state index contributed by atoms with van der Waals surface area (Å²) in [5.74, 6) is 3.17. The van der Waals surface area contributed by atoms with Gasteiger partial charge in [0.15, 0.2) is 0 Å². The summed E-state index contributed by atoms with van der Waals surface area (Å²) >= 11 is 0. The molecular formula is C16H22N2O2. The zero-order chi connectivity index (χ0) is 15.0. The van der Waals surface area contributed by atoms with Crippen LogP contribution in [0.25, 0.3) is 0 Å². The minimum absolute atomic E-state index is 0.0724. The fraction of sp³-hybridized carbons (Fsp3) is 0.438. The molecule has 4 heteroatoms. The molecule has 0 fully saturated rings. The fourth-order valence-electron chi connectivity index (χ4n) is 1.87. The topological polar surface area (TPSA) is 41.6 Å². The van der Waals surface area contributed by atoms with Crippen LogP contribution in [0.15, 0.2) is 18.2 Å². The maximum Gasteiger partial charge on any atom is 0.234 e. The van der Waals surface area contributed by atoms with Gasteiger partial charge in [-0.05, 0) is 44.2 Å². The van der Waals surface area contributed by atoms with Gasteiger partial charge in [-0.3, -0.25) is 9.69 Å². The average molecular weight is 274 g/mol. The van der Waals surface area contributed by atoms with Gasteiger partial charge in [-0.25, -0.2) is 0 Å². The lowest BCUT2D eigenvalue weighted by molar-refractivity contribution is -0.121. The van der Waals surface area contributed by atoms with Crippen molar-refractivity contribution in [2.24, 2.45) is 0 Å². The molecule has 20 heavy (non-hydrogen) atoms. The van der Waals surface area contributed by atoms with E-state index in [0.717, 1.165) is 5.75 Å². The maximum atomic E-state index is 11.4. The Morgan fingerprint density at radius 3 is 2.60 bits per heavy atom. The molecule has 0 unspecified atom stereocenters. The van der Waals surface area contributed by atoms with Crippen molar-refractivity contribution in [3.8, 4) is 18.1 Å². The number of rotatable bonds is 7. The molecule has 0 aliphatic carbocycles. The highest BCUT2D eigenvalue weighted by atomic mass is 16.5. The van der Waals surface area contributed by atoms with Gasteiger partial charge in [0.25, 0.3) is 0 Å². The minimum atomic E-state index is -0.0724. The van der Waals surface area contributed by atoms with Crippen LogP contribution in [0.2, 0.25) is 0 Å². The van der Waals surface area contributed by atoms with Crippen LogP contribution in [-0.4, -0.2) is 44.1 Å². The lowest BCUT2D eigenvalue weighted by atomic mass is 10.1. The molecule has 0 saturated heterocycles. The zero-order valence-electron chi connectivity index (χ0n) is 12.4. The van der Waals surface area contributed by atoms with E-state index in [0.29, 0.717) is 19.7 Å². The van der Waals surface area contributed by atoms with Gasteiger partial charge in [0.2, 0.25) is 5.91 Å². The summed E-state index contributed by atoms with van der Waals surface area (Å²) in [4.78, 5) is 13.3. The van der Waals surface area contributed by atoms with E-state index in [9.17, 15) is 4.79 Å². The van der Waals surface area contributed by atoms with Crippen molar-refractivity contribution in [3.63, 3.8) is 0 Å². The van der Waals surface area contributed by atoms with Crippen molar-refractivity contribution in [1.82, 2.24) is 10.2 Å². The smallest absolute Gasteiger partial charge is 0.234 e. The number of amides is 1. The Balaban J connectivity index is 2.29. The van der Waals surface area contributed by atoms with Crippen molar-refractivity contribution in [2.45, 2.75) is 13.8 Å². The van der Waals surface area contributed by atoms with Crippen molar-refractivity contribution in [1.29, 1.82) is 0 Å². The van der Waals surface area contributed by atoms with Crippen molar-refractivity contribution < 1.29 is 9.53 Å². The van der Waals surface area contributed by atoms with Crippen molar-refractivity contribution in [3.05, 3.63) is 29.3 Å². The molecular weight excluding hydrogens is 252 g/mol.